The molecule has 0 aliphatic carbocycles. The average Bonchev–Trinajstić information content (AvgIpc) is 2.47. The molecule has 0 bridgehead atoms. The molecule has 2 rings (SSSR count). The molecule has 100 valence electrons. The van der Waals surface area contributed by atoms with Gasteiger partial charge in [0.1, 0.15) is 5.75 Å². The maximum absolute atomic E-state index is 5.68. The Labute approximate surface area is 121 Å². The predicted molar refractivity (Wildman–Crippen MR) is 79.0 cm³/mol. The van der Waals surface area contributed by atoms with E-state index in [2.05, 4.69) is 20.9 Å². The van der Waals surface area contributed by atoms with E-state index in [0.29, 0.717) is 5.88 Å². The Morgan fingerprint density at radius 1 is 1.05 bits per heavy atom. The van der Waals surface area contributed by atoms with E-state index in [1.165, 1.54) is 5.56 Å². The van der Waals surface area contributed by atoms with Crippen molar-refractivity contribution in [3.05, 3.63) is 53.7 Å². The van der Waals surface area contributed by atoms with Crippen LogP contribution in [0, 0.1) is 0 Å². The summed E-state index contributed by atoms with van der Waals surface area (Å²) in [5.41, 5.74) is 2.36. The molecule has 0 aliphatic heterocycles. The number of ether oxygens (including phenoxy) is 2. The number of nitrogens with zero attached hydrogens (tertiary/aromatic N) is 1. The first kappa shape index (κ1) is 14.0. The summed E-state index contributed by atoms with van der Waals surface area (Å²) < 4.78 is 10.7. The third-order valence-electron chi connectivity index (χ3n) is 2.69. The van der Waals surface area contributed by atoms with Crippen LogP contribution in [0.4, 0.5) is 0 Å². The Balaban J connectivity index is 1.98. The summed E-state index contributed by atoms with van der Waals surface area (Å²) in [5.74, 6) is 1.40. The van der Waals surface area contributed by atoms with Crippen molar-refractivity contribution in [2.24, 2.45) is 0 Å². The van der Waals surface area contributed by atoms with Crippen LogP contribution in [-0.4, -0.2) is 18.7 Å². The van der Waals surface area contributed by atoms with Gasteiger partial charge in [0.15, 0.2) is 0 Å². The lowest BCUT2D eigenvalue weighted by atomic mass is 10.1. The number of rotatable bonds is 6. The summed E-state index contributed by atoms with van der Waals surface area (Å²) in [6, 6.07) is 11.8. The summed E-state index contributed by atoms with van der Waals surface area (Å²) in [6.07, 6.45) is 2.71. The Kier molecular flexibility index (Phi) is 5.36. The highest BCUT2D eigenvalue weighted by Crippen LogP contribution is 2.20. The lowest BCUT2D eigenvalue weighted by molar-refractivity contribution is 0.202. The molecule has 0 N–H and O–H groups in total. The monoisotopic (exact) mass is 321 g/mol. The fraction of sp³-hybridized carbons (Fsp3) is 0.267. The highest BCUT2D eigenvalue weighted by molar-refractivity contribution is 9.08. The zero-order chi connectivity index (χ0) is 13.5. The number of hydrogen-bond acceptors (Lipinski definition) is 3. The molecule has 0 fully saturated rings. The fourth-order valence-corrected chi connectivity index (χ4v) is 1.95. The molecular formula is C15H16BrNO2. The largest absolute Gasteiger partial charge is 0.439 e. The van der Waals surface area contributed by atoms with Crippen molar-refractivity contribution in [3.8, 4) is 11.6 Å². The van der Waals surface area contributed by atoms with Crippen molar-refractivity contribution >= 4 is 15.9 Å². The molecule has 0 amide bonds. The second kappa shape index (κ2) is 7.26. The predicted octanol–water partition coefficient (Wildman–Crippen LogP) is 3.96. The summed E-state index contributed by atoms with van der Waals surface area (Å²) in [4.78, 5) is 4.24. The first-order valence-corrected chi connectivity index (χ1v) is 7.20. The van der Waals surface area contributed by atoms with E-state index in [9.17, 15) is 0 Å². The SMILES string of the molecule is COCCc1ccc(Oc2ccc(CBr)cn2)cc1. The maximum Gasteiger partial charge on any atom is 0.219 e. The minimum absolute atomic E-state index is 0.606. The minimum atomic E-state index is 0.606. The number of halogens is 1. The third-order valence-corrected chi connectivity index (χ3v) is 3.34. The number of hydrogen-bond donors (Lipinski definition) is 0. The van der Waals surface area contributed by atoms with Gasteiger partial charge in [-0.05, 0) is 29.7 Å². The van der Waals surface area contributed by atoms with Crippen LogP contribution >= 0.6 is 15.9 Å². The van der Waals surface area contributed by atoms with Crippen LogP contribution in [0.2, 0.25) is 0 Å². The number of aromatic nitrogens is 1. The standard InChI is InChI=1S/C15H16BrNO2/c1-18-9-8-12-2-5-14(6-3-12)19-15-7-4-13(10-16)11-17-15/h2-7,11H,8-10H2,1H3. The fourth-order valence-electron chi connectivity index (χ4n) is 1.62. The molecule has 19 heavy (non-hydrogen) atoms. The topological polar surface area (TPSA) is 31.4 Å². The van der Waals surface area contributed by atoms with Crippen molar-refractivity contribution in [1.29, 1.82) is 0 Å². The number of pyridine rings is 1. The Bertz CT molecular complexity index is 497. The van der Waals surface area contributed by atoms with E-state index in [4.69, 9.17) is 9.47 Å². The molecule has 0 spiro atoms. The Morgan fingerprint density at radius 3 is 2.37 bits per heavy atom. The molecule has 0 radical (unpaired) electrons. The van der Waals surface area contributed by atoms with Gasteiger partial charge in [0.2, 0.25) is 5.88 Å². The van der Waals surface area contributed by atoms with Gasteiger partial charge in [-0.3, -0.25) is 0 Å². The molecule has 0 saturated carbocycles. The van der Waals surface area contributed by atoms with Crippen molar-refractivity contribution < 1.29 is 9.47 Å². The van der Waals surface area contributed by atoms with Crippen LogP contribution in [0.3, 0.4) is 0 Å². The van der Waals surface area contributed by atoms with E-state index in [1.54, 1.807) is 13.3 Å². The van der Waals surface area contributed by atoms with Crippen LogP contribution in [-0.2, 0) is 16.5 Å². The maximum atomic E-state index is 5.68. The van der Waals surface area contributed by atoms with Crippen molar-refractivity contribution in [2.45, 2.75) is 11.8 Å². The summed E-state index contributed by atoms with van der Waals surface area (Å²) >= 11 is 3.39. The smallest absolute Gasteiger partial charge is 0.219 e. The Morgan fingerprint density at radius 2 is 1.79 bits per heavy atom. The van der Waals surface area contributed by atoms with Gasteiger partial charge in [0.25, 0.3) is 0 Å². The van der Waals surface area contributed by atoms with Gasteiger partial charge >= 0.3 is 0 Å². The minimum Gasteiger partial charge on any atom is -0.439 e. The Hall–Kier alpha value is -1.39. The van der Waals surface area contributed by atoms with E-state index in [0.717, 1.165) is 29.7 Å². The molecule has 2 aromatic rings. The van der Waals surface area contributed by atoms with Crippen molar-refractivity contribution in [3.63, 3.8) is 0 Å². The highest BCUT2D eigenvalue weighted by Gasteiger charge is 2.00. The second-order valence-electron chi connectivity index (χ2n) is 4.13. The van der Waals surface area contributed by atoms with Crippen molar-refractivity contribution in [1.82, 2.24) is 4.98 Å². The number of benzene rings is 1. The molecule has 0 unspecified atom stereocenters. The van der Waals surface area contributed by atoms with Crippen LogP contribution < -0.4 is 4.74 Å². The molecule has 0 atom stereocenters. The molecule has 1 aromatic carbocycles. The first-order chi connectivity index (χ1) is 9.31. The van der Waals surface area contributed by atoms with Gasteiger partial charge in [0.05, 0.1) is 6.61 Å². The average molecular weight is 322 g/mol. The zero-order valence-corrected chi connectivity index (χ0v) is 12.4. The first-order valence-electron chi connectivity index (χ1n) is 6.08. The zero-order valence-electron chi connectivity index (χ0n) is 10.8. The van der Waals surface area contributed by atoms with E-state index in [-0.39, 0.29) is 0 Å². The highest BCUT2D eigenvalue weighted by atomic mass is 79.9. The van der Waals surface area contributed by atoms with E-state index >= 15 is 0 Å². The van der Waals surface area contributed by atoms with Crippen molar-refractivity contribution in [2.75, 3.05) is 13.7 Å². The van der Waals surface area contributed by atoms with Crippen LogP contribution in [0.1, 0.15) is 11.1 Å². The molecule has 1 heterocycles. The number of alkyl halides is 1. The third kappa shape index (κ3) is 4.33. The summed E-state index contributed by atoms with van der Waals surface area (Å²) in [6.45, 7) is 0.732. The molecular weight excluding hydrogens is 306 g/mol. The second-order valence-corrected chi connectivity index (χ2v) is 4.69. The lowest BCUT2D eigenvalue weighted by Gasteiger charge is -2.06. The molecule has 1 aromatic heterocycles. The van der Waals surface area contributed by atoms with Crippen LogP contribution in [0.5, 0.6) is 11.6 Å². The van der Waals surface area contributed by atoms with Gasteiger partial charge in [-0.25, -0.2) is 4.98 Å². The molecule has 4 heteroatoms. The normalized spacial score (nSPS) is 10.4. The van der Waals surface area contributed by atoms with Gasteiger partial charge in [-0.2, -0.15) is 0 Å². The number of methoxy groups -OCH3 is 1. The van der Waals surface area contributed by atoms with Crippen LogP contribution in [0.15, 0.2) is 42.6 Å². The molecule has 3 nitrogen and oxygen atoms in total. The van der Waals surface area contributed by atoms with Gasteiger partial charge in [0, 0.05) is 24.7 Å². The molecule has 0 aliphatic rings. The van der Waals surface area contributed by atoms with Crippen LogP contribution in [0.25, 0.3) is 0 Å². The van der Waals surface area contributed by atoms with Gasteiger partial charge < -0.3 is 9.47 Å². The summed E-state index contributed by atoms with van der Waals surface area (Å²) in [5, 5.41) is 0.800. The quantitative estimate of drug-likeness (QED) is 0.755. The van der Waals surface area contributed by atoms with Gasteiger partial charge in [-0.15, -0.1) is 0 Å². The summed E-state index contributed by atoms with van der Waals surface area (Å²) in [7, 11) is 1.71. The van der Waals surface area contributed by atoms with E-state index in [1.807, 2.05) is 36.4 Å². The lowest BCUT2D eigenvalue weighted by Crippen LogP contribution is -1.94. The molecule has 0 saturated heterocycles. The van der Waals surface area contributed by atoms with Gasteiger partial charge in [-0.1, -0.05) is 34.1 Å². The van der Waals surface area contributed by atoms with E-state index < -0.39 is 0 Å².